The Morgan fingerprint density at radius 3 is 2.00 bits per heavy atom. The van der Waals surface area contributed by atoms with Gasteiger partial charge in [-0.2, -0.15) is 0 Å². The van der Waals surface area contributed by atoms with Gasteiger partial charge >= 0.3 is 5.97 Å². The zero-order valence-corrected chi connectivity index (χ0v) is 12.0. The average Bonchev–Trinajstić information content (AvgIpc) is 1.97. The van der Waals surface area contributed by atoms with E-state index in [1.165, 1.54) is 0 Å². The maximum absolute atomic E-state index is 11.1. The van der Waals surface area contributed by atoms with E-state index >= 15 is 0 Å². The monoisotopic (exact) mass is 269 g/mol. The van der Waals surface area contributed by atoms with Crippen LogP contribution in [0.2, 0.25) is 0 Å². The SMILES string of the molecule is CCCCOC(=O)C[N+](C)(C)C.CS(=O)(=O)[O-]. The maximum Gasteiger partial charge on any atom is 0.361 e. The summed E-state index contributed by atoms with van der Waals surface area (Å²) in [4.78, 5) is 11.1. The summed E-state index contributed by atoms with van der Waals surface area (Å²) in [6, 6.07) is 0. The second-order valence-electron chi connectivity index (χ2n) is 4.73. The van der Waals surface area contributed by atoms with Crippen molar-refractivity contribution in [2.24, 2.45) is 0 Å². The number of likely N-dealkylation sites (N-methyl/N-ethyl adjacent to an activating group) is 1. The topological polar surface area (TPSA) is 83.5 Å². The minimum absolute atomic E-state index is 0.101. The number of carbonyl (C=O) groups is 1. The highest BCUT2D eigenvalue weighted by Crippen LogP contribution is 1.93. The van der Waals surface area contributed by atoms with Crippen LogP contribution in [0.25, 0.3) is 0 Å². The van der Waals surface area contributed by atoms with Crippen LogP contribution in [0.4, 0.5) is 0 Å². The normalized spacial score (nSPS) is 11.4. The first kappa shape index (κ1) is 18.7. The molecule has 6 nitrogen and oxygen atoms in total. The van der Waals surface area contributed by atoms with Crippen molar-refractivity contribution in [1.82, 2.24) is 0 Å². The van der Waals surface area contributed by atoms with Crippen molar-refractivity contribution in [3.05, 3.63) is 0 Å². The fourth-order valence-corrected chi connectivity index (χ4v) is 0.763. The Bertz CT molecular complexity index is 297. The molecule has 0 heterocycles. The minimum Gasteiger partial charge on any atom is -0.748 e. The second kappa shape index (κ2) is 8.43. The van der Waals surface area contributed by atoms with Gasteiger partial charge in [-0.1, -0.05) is 13.3 Å². The minimum atomic E-state index is -3.92. The number of rotatable bonds is 5. The number of ether oxygens (including phenoxy) is 1. The largest absolute Gasteiger partial charge is 0.748 e. The Balaban J connectivity index is 0. The lowest BCUT2D eigenvalue weighted by atomic mass is 10.4. The summed E-state index contributed by atoms with van der Waals surface area (Å²) in [6.07, 6.45) is 2.63. The van der Waals surface area contributed by atoms with E-state index in [1.807, 2.05) is 21.1 Å². The molecule has 0 aromatic rings. The predicted molar refractivity (Wildman–Crippen MR) is 64.4 cm³/mol. The average molecular weight is 269 g/mol. The first-order chi connectivity index (χ1) is 7.45. The summed E-state index contributed by atoms with van der Waals surface area (Å²) >= 11 is 0. The van der Waals surface area contributed by atoms with Crippen LogP contribution in [0, 0.1) is 0 Å². The van der Waals surface area contributed by atoms with Crippen LogP contribution in [0.3, 0.4) is 0 Å². The van der Waals surface area contributed by atoms with Gasteiger partial charge in [-0.05, 0) is 6.42 Å². The fraction of sp³-hybridized carbons (Fsp3) is 0.900. The van der Waals surface area contributed by atoms with Gasteiger partial charge in [0.25, 0.3) is 0 Å². The summed E-state index contributed by atoms with van der Waals surface area (Å²) in [6.45, 7) is 3.09. The van der Waals surface area contributed by atoms with Gasteiger partial charge in [0.1, 0.15) is 0 Å². The van der Waals surface area contributed by atoms with Crippen molar-refractivity contribution in [2.45, 2.75) is 19.8 Å². The van der Waals surface area contributed by atoms with Gasteiger partial charge in [-0.25, -0.2) is 13.2 Å². The molecule has 0 spiro atoms. The van der Waals surface area contributed by atoms with Crippen LogP contribution in [0.5, 0.6) is 0 Å². The predicted octanol–water partition coefficient (Wildman–Crippen LogP) is 0.197. The van der Waals surface area contributed by atoms with Gasteiger partial charge in [-0.3, -0.25) is 0 Å². The van der Waals surface area contributed by atoms with E-state index in [-0.39, 0.29) is 5.97 Å². The highest BCUT2D eigenvalue weighted by molar-refractivity contribution is 7.84. The smallest absolute Gasteiger partial charge is 0.361 e. The number of hydrogen-bond acceptors (Lipinski definition) is 5. The van der Waals surface area contributed by atoms with Gasteiger partial charge in [0, 0.05) is 6.26 Å². The van der Waals surface area contributed by atoms with E-state index in [4.69, 9.17) is 17.7 Å². The molecule has 0 aromatic heterocycles. The molecule has 0 amide bonds. The van der Waals surface area contributed by atoms with E-state index in [1.54, 1.807) is 0 Å². The molecule has 0 aliphatic heterocycles. The summed E-state index contributed by atoms with van der Waals surface area (Å²) in [5.74, 6) is -0.101. The van der Waals surface area contributed by atoms with Crippen molar-refractivity contribution in [2.75, 3.05) is 40.6 Å². The molecule has 0 aromatic carbocycles. The Labute approximate surface area is 104 Å². The van der Waals surface area contributed by atoms with Crippen molar-refractivity contribution in [3.8, 4) is 0 Å². The summed E-state index contributed by atoms with van der Waals surface area (Å²) in [7, 11) is 2.00. The van der Waals surface area contributed by atoms with Crippen LogP contribution < -0.4 is 0 Å². The number of carbonyl (C=O) groups excluding carboxylic acids is 1. The van der Waals surface area contributed by atoms with E-state index in [0.717, 1.165) is 12.8 Å². The maximum atomic E-state index is 11.1. The first-order valence-corrected chi connectivity index (χ1v) is 7.14. The van der Waals surface area contributed by atoms with E-state index in [2.05, 4.69) is 6.92 Å². The third kappa shape index (κ3) is 31.3. The van der Waals surface area contributed by atoms with Gasteiger partial charge in [0.15, 0.2) is 6.54 Å². The molecule has 17 heavy (non-hydrogen) atoms. The van der Waals surface area contributed by atoms with Crippen LogP contribution >= 0.6 is 0 Å². The van der Waals surface area contributed by atoms with E-state index in [0.29, 0.717) is 23.9 Å². The molecule has 0 rings (SSSR count). The molecule has 0 fully saturated rings. The lowest BCUT2D eigenvalue weighted by molar-refractivity contribution is -0.862. The second-order valence-corrected chi connectivity index (χ2v) is 6.13. The quantitative estimate of drug-likeness (QED) is 0.308. The zero-order valence-electron chi connectivity index (χ0n) is 11.2. The molecule has 7 heteroatoms. The van der Waals surface area contributed by atoms with E-state index < -0.39 is 10.1 Å². The van der Waals surface area contributed by atoms with Crippen LogP contribution in [-0.4, -0.2) is 64.0 Å². The Hall–Kier alpha value is -0.660. The van der Waals surface area contributed by atoms with Crippen molar-refractivity contribution in [1.29, 1.82) is 0 Å². The van der Waals surface area contributed by atoms with Crippen molar-refractivity contribution < 1.29 is 27.0 Å². The van der Waals surface area contributed by atoms with Gasteiger partial charge in [0.2, 0.25) is 0 Å². The number of hydrogen-bond donors (Lipinski definition) is 0. The van der Waals surface area contributed by atoms with Crippen LogP contribution in [-0.2, 0) is 19.6 Å². The highest BCUT2D eigenvalue weighted by atomic mass is 32.2. The molecule has 0 saturated carbocycles. The zero-order chi connectivity index (χ0) is 14.1. The third-order valence-corrected chi connectivity index (χ3v) is 1.36. The molecule has 0 unspecified atom stereocenters. The van der Waals surface area contributed by atoms with Crippen molar-refractivity contribution >= 4 is 16.1 Å². The van der Waals surface area contributed by atoms with Crippen LogP contribution in [0.1, 0.15) is 19.8 Å². The molecule has 0 N–H and O–H groups in total. The summed E-state index contributed by atoms with van der Waals surface area (Å²) in [5.41, 5.74) is 0. The fourth-order valence-electron chi connectivity index (χ4n) is 0.763. The molecular formula is C10H23NO5S. The van der Waals surface area contributed by atoms with E-state index in [9.17, 15) is 4.79 Å². The van der Waals surface area contributed by atoms with Crippen molar-refractivity contribution in [3.63, 3.8) is 0 Å². The molecule has 0 radical (unpaired) electrons. The molecule has 0 bridgehead atoms. The number of esters is 1. The Morgan fingerprint density at radius 2 is 1.71 bits per heavy atom. The number of nitrogens with zero attached hydrogens (tertiary/aromatic N) is 1. The van der Waals surface area contributed by atoms with Gasteiger partial charge < -0.3 is 13.8 Å². The molecule has 0 atom stereocenters. The first-order valence-electron chi connectivity index (χ1n) is 5.32. The lowest BCUT2D eigenvalue weighted by Gasteiger charge is -2.22. The number of unbranched alkanes of at least 4 members (excludes halogenated alkanes) is 1. The molecule has 0 aliphatic rings. The highest BCUT2D eigenvalue weighted by Gasteiger charge is 2.14. The molecule has 104 valence electrons. The Kier molecular flexibility index (Phi) is 9.28. The van der Waals surface area contributed by atoms with Gasteiger partial charge in [-0.15, -0.1) is 0 Å². The molecule has 0 aliphatic carbocycles. The summed E-state index contributed by atoms with van der Waals surface area (Å²) < 4.78 is 32.9. The molecular weight excluding hydrogens is 246 g/mol. The van der Waals surface area contributed by atoms with Crippen LogP contribution in [0.15, 0.2) is 0 Å². The van der Waals surface area contributed by atoms with Gasteiger partial charge in [0.05, 0.1) is 37.9 Å². The standard InChI is InChI=1S/C9H20NO2.CH4O3S/c1-5-6-7-12-9(11)8-10(2,3)4;1-5(2,3)4/h5-8H2,1-4H3;1H3,(H,2,3,4)/q+1;/p-1. The summed E-state index contributed by atoms with van der Waals surface area (Å²) in [5, 5.41) is 0. The molecule has 0 saturated heterocycles. The number of quaternary nitrogens is 1. The Morgan fingerprint density at radius 1 is 1.29 bits per heavy atom. The lowest BCUT2D eigenvalue weighted by Crippen LogP contribution is -2.40. The third-order valence-electron chi connectivity index (χ3n) is 1.36.